The van der Waals surface area contributed by atoms with Gasteiger partial charge in [-0.25, -0.2) is 19.2 Å². The maximum Gasteiger partial charge on any atom is 0.520 e. The van der Waals surface area contributed by atoms with Gasteiger partial charge in [0.05, 0.1) is 29.7 Å². The fourth-order valence-electron chi connectivity index (χ4n) is 5.47. The Kier molecular flexibility index (Phi) is 7.92. The Morgan fingerprint density at radius 3 is 2.27 bits per heavy atom. The molecule has 15 nitrogen and oxygen atoms in total. The molecule has 248 valence electrons. The van der Waals surface area contributed by atoms with E-state index in [9.17, 15) is 19.2 Å². The number of hydrogen-bond donors (Lipinski definition) is 0. The molecule has 0 amide bonds. The molecule has 0 aliphatic carbocycles. The van der Waals surface area contributed by atoms with Crippen LogP contribution in [0.25, 0.3) is 39.4 Å². The number of rotatable bonds is 10. The number of aryl methyl sites for hydroxylation is 2. The number of carbonyl (C=O) groups is 1. The van der Waals surface area contributed by atoms with Crippen molar-refractivity contribution in [1.82, 2.24) is 19.3 Å². The number of esters is 1. The Morgan fingerprint density at radius 1 is 0.837 bits per heavy atom. The standard InChI is InChI=1S/C34H26N4O11/c1-4-43-31-35-25-11-7-10-24(30(39)44-17-26-18(2)45-33(41)47-26)27(25)37(31)16-20-12-14-21(15-13-20)22-8-5-6-9-23(22)28-36-49-32(40)38(28)29-19(3)46-34(42)48-29/h5-15H,4,16-17H2,1-3H3. The molecular weight excluding hydrogens is 640 g/mol. The number of aromatic nitrogens is 4. The summed E-state index contributed by atoms with van der Waals surface area (Å²) in [4.78, 5) is 53.7. The summed E-state index contributed by atoms with van der Waals surface area (Å²) in [7, 11) is 0. The minimum Gasteiger partial charge on any atom is -0.465 e. The Hall–Kier alpha value is -6.64. The first-order valence-corrected chi connectivity index (χ1v) is 15.0. The largest absolute Gasteiger partial charge is 0.520 e. The van der Waals surface area contributed by atoms with Gasteiger partial charge in [0.2, 0.25) is 0 Å². The first kappa shape index (κ1) is 31.0. The van der Waals surface area contributed by atoms with Crippen molar-refractivity contribution in [2.24, 2.45) is 0 Å². The number of fused-ring (bicyclic) bond motifs is 1. The second-order valence-corrected chi connectivity index (χ2v) is 10.8. The van der Waals surface area contributed by atoms with Gasteiger partial charge in [0.25, 0.3) is 11.9 Å². The van der Waals surface area contributed by atoms with Crippen LogP contribution in [0.2, 0.25) is 0 Å². The lowest BCUT2D eigenvalue weighted by Crippen LogP contribution is -2.14. The fourth-order valence-corrected chi connectivity index (χ4v) is 5.47. The summed E-state index contributed by atoms with van der Waals surface area (Å²) in [5.74, 6) is -2.91. The minimum absolute atomic E-state index is 0.0923. The lowest BCUT2D eigenvalue weighted by atomic mass is 9.98. The van der Waals surface area contributed by atoms with Gasteiger partial charge in [-0.2, -0.15) is 9.55 Å². The summed E-state index contributed by atoms with van der Waals surface area (Å²) >= 11 is 0. The van der Waals surface area contributed by atoms with Crippen molar-refractivity contribution in [2.75, 3.05) is 6.61 Å². The number of carbonyl (C=O) groups excluding carboxylic acids is 1. The van der Waals surface area contributed by atoms with E-state index in [1.165, 1.54) is 13.8 Å². The molecule has 0 radical (unpaired) electrons. The quantitative estimate of drug-likeness (QED) is 0.177. The van der Waals surface area contributed by atoms with Crippen LogP contribution in [0, 0.1) is 13.8 Å². The maximum atomic E-state index is 13.3. The average molecular weight is 667 g/mol. The molecule has 0 fully saturated rings. The van der Waals surface area contributed by atoms with Gasteiger partial charge in [-0.15, -0.1) is 0 Å². The van der Waals surface area contributed by atoms with Gasteiger partial charge < -0.3 is 27.1 Å². The molecular formula is C34H26N4O11. The molecule has 0 saturated carbocycles. The molecule has 7 aromatic rings. The Labute approximate surface area is 274 Å². The van der Waals surface area contributed by atoms with Crippen LogP contribution in [-0.2, 0) is 17.9 Å². The van der Waals surface area contributed by atoms with E-state index in [0.717, 1.165) is 21.3 Å². The average Bonchev–Trinajstić information content (AvgIpc) is 3.83. The molecule has 3 aromatic carbocycles. The highest BCUT2D eigenvalue weighted by atomic mass is 16.6. The number of para-hydroxylation sites is 1. The van der Waals surface area contributed by atoms with Crippen molar-refractivity contribution in [3.05, 3.63) is 127 Å². The summed E-state index contributed by atoms with van der Waals surface area (Å²) in [6.45, 7) is 5.20. The second-order valence-electron chi connectivity index (χ2n) is 10.8. The maximum absolute atomic E-state index is 13.3. The summed E-state index contributed by atoms with van der Waals surface area (Å²) < 4.78 is 39.0. The molecule has 0 aliphatic heterocycles. The molecule has 0 unspecified atom stereocenters. The second kappa shape index (κ2) is 12.5. The van der Waals surface area contributed by atoms with Crippen LogP contribution in [0.4, 0.5) is 0 Å². The summed E-state index contributed by atoms with van der Waals surface area (Å²) in [5.41, 5.74) is 4.17. The van der Waals surface area contributed by atoms with Crippen molar-refractivity contribution >= 4 is 17.0 Å². The van der Waals surface area contributed by atoms with Crippen LogP contribution in [0.1, 0.15) is 40.1 Å². The molecule has 7 rings (SSSR count). The molecule has 0 spiro atoms. The third kappa shape index (κ3) is 5.77. The molecule has 0 aliphatic rings. The molecule has 0 N–H and O–H groups in total. The molecule has 0 saturated heterocycles. The zero-order valence-corrected chi connectivity index (χ0v) is 26.3. The van der Waals surface area contributed by atoms with Crippen molar-refractivity contribution in [1.29, 1.82) is 0 Å². The first-order chi connectivity index (χ1) is 23.7. The molecule has 15 heteroatoms. The zero-order chi connectivity index (χ0) is 34.2. The summed E-state index contributed by atoms with van der Waals surface area (Å²) in [6, 6.07) is 20.3. The van der Waals surface area contributed by atoms with E-state index in [4.69, 9.17) is 31.7 Å². The number of hydrogen-bond acceptors (Lipinski definition) is 13. The molecule has 49 heavy (non-hydrogen) atoms. The molecule has 0 bridgehead atoms. The van der Waals surface area contributed by atoms with Crippen molar-refractivity contribution in [3.63, 3.8) is 0 Å². The summed E-state index contributed by atoms with van der Waals surface area (Å²) in [6.07, 6.45) is 0. The van der Waals surface area contributed by atoms with Gasteiger partial charge in [0.1, 0.15) is 0 Å². The lowest BCUT2D eigenvalue weighted by molar-refractivity contribution is 0.0444. The van der Waals surface area contributed by atoms with Crippen molar-refractivity contribution in [2.45, 2.75) is 33.9 Å². The van der Waals surface area contributed by atoms with E-state index in [1.54, 1.807) is 34.9 Å². The number of nitrogens with zero attached hydrogens (tertiary/aromatic N) is 4. The monoisotopic (exact) mass is 666 g/mol. The highest BCUT2D eigenvalue weighted by Crippen LogP contribution is 2.33. The predicted octanol–water partition coefficient (Wildman–Crippen LogP) is 5.02. The van der Waals surface area contributed by atoms with Crippen molar-refractivity contribution < 1.29 is 36.5 Å². The van der Waals surface area contributed by atoms with E-state index in [1.807, 2.05) is 43.3 Å². The Bertz CT molecular complexity index is 2500. The minimum atomic E-state index is -0.961. The highest BCUT2D eigenvalue weighted by Gasteiger charge is 2.24. The van der Waals surface area contributed by atoms with Crippen LogP contribution < -0.4 is 22.1 Å². The Morgan fingerprint density at radius 2 is 1.57 bits per heavy atom. The van der Waals surface area contributed by atoms with Gasteiger partial charge >= 0.3 is 23.4 Å². The SMILES string of the molecule is CCOc1nc2cccc(C(=O)OCc3oc(=O)oc3C)c2n1Cc1ccc(-c2ccccc2-c2noc(=O)n2-c2oc(=O)oc2C)cc1. The van der Waals surface area contributed by atoms with E-state index >= 15 is 0 Å². The van der Waals surface area contributed by atoms with Gasteiger partial charge in [0, 0.05) is 5.56 Å². The topological polar surface area (TPSA) is 188 Å². The van der Waals surface area contributed by atoms with Gasteiger partial charge in [-0.3, -0.25) is 9.09 Å². The van der Waals surface area contributed by atoms with E-state index in [2.05, 4.69) is 10.1 Å². The predicted molar refractivity (Wildman–Crippen MR) is 170 cm³/mol. The lowest BCUT2D eigenvalue weighted by Gasteiger charge is -2.13. The highest BCUT2D eigenvalue weighted by molar-refractivity contribution is 6.02. The van der Waals surface area contributed by atoms with Crippen molar-refractivity contribution in [3.8, 4) is 34.4 Å². The smallest absolute Gasteiger partial charge is 0.465 e. The Balaban J connectivity index is 1.22. The third-order valence-electron chi connectivity index (χ3n) is 7.69. The number of imidazole rings is 1. The fraction of sp³-hybridized carbons (Fsp3) is 0.176. The van der Waals surface area contributed by atoms with Gasteiger partial charge in [0.15, 0.2) is 29.7 Å². The molecule has 4 heterocycles. The van der Waals surface area contributed by atoms with Crippen LogP contribution in [0.5, 0.6) is 6.01 Å². The third-order valence-corrected chi connectivity index (χ3v) is 7.69. The normalized spacial score (nSPS) is 11.3. The summed E-state index contributed by atoms with van der Waals surface area (Å²) in [5, 5.41) is 3.97. The molecule has 4 aromatic heterocycles. The van der Waals surface area contributed by atoms with Crippen LogP contribution >= 0.6 is 0 Å². The number of ether oxygens (including phenoxy) is 2. The van der Waals surface area contributed by atoms with Gasteiger partial charge in [-0.05, 0) is 49.6 Å². The zero-order valence-electron chi connectivity index (χ0n) is 26.3. The first-order valence-electron chi connectivity index (χ1n) is 15.0. The number of benzene rings is 3. The van der Waals surface area contributed by atoms with Gasteiger partial charge in [-0.1, -0.05) is 59.8 Å². The van der Waals surface area contributed by atoms with Crippen LogP contribution in [-0.4, -0.2) is 31.9 Å². The van der Waals surface area contributed by atoms with E-state index < -0.39 is 23.4 Å². The van der Waals surface area contributed by atoms with E-state index in [0.29, 0.717) is 29.2 Å². The van der Waals surface area contributed by atoms with E-state index in [-0.39, 0.29) is 47.7 Å². The van der Waals surface area contributed by atoms with Crippen LogP contribution in [0.15, 0.2) is 103 Å². The molecule has 0 atom stereocenters. The van der Waals surface area contributed by atoms with Crippen LogP contribution in [0.3, 0.4) is 0 Å².